The zero-order chi connectivity index (χ0) is 8.20. The molecule has 0 rings (SSSR count). The van der Waals surface area contributed by atoms with Crippen molar-refractivity contribution in [3.63, 3.8) is 0 Å². The van der Waals surface area contributed by atoms with Crippen LogP contribution in [0.5, 0.6) is 0 Å². The van der Waals surface area contributed by atoms with E-state index in [0.717, 1.165) is 0 Å². The predicted octanol–water partition coefficient (Wildman–Crippen LogP) is 0.653. The second kappa shape index (κ2) is 3.91. The minimum absolute atomic E-state index is 0.0644. The van der Waals surface area contributed by atoms with E-state index < -0.39 is 0 Å². The molecule has 3 heteroatoms. The molecule has 0 amide bonds. The molecule has 0 saturated carbocycles. The van der Waals surface area contributed by atoms with Gasteiger partial charge in [0.25, 0.3) is 0 Å². The third-order valence-corrected chi connectivity index (χ3v) is 1.05. The Morgan fingerprint density at radius 3 is 2.30 bits per heavy atom. The van der Waals surface area contributed by atoms with Crippen molar-refractivity contribution in [1.29, 1.82) is 0 Å². The summed E-state index contributed by atoms with van der Waals surface area (Å²) in [6.07, 6.45) is 0. The Bertz CT molecular complexity index is 88.1. The fourth-order valence-corrected chi connectivity index (χ4v) is 0.423. The van der Waals surface area contributed by atoms with Crippen LogP contribution in [0.2, 0.25) is 0 Å². The Morgan fingerprint density at radius 2 is 2.00 bits per heavy atom. The number of rotatable bonds is 3. The van der Waals surface area contributed by atoms with Gasteiger partial charge in [-0.2, -0.15) is 0 Å². The number of hydrogen-bond donors (Lipinski definition) is 2. The van der Waals surface area contributed by atoms with Crippen LogP contribution in [-0.2, 0) is 4.74 Å². The van der Waals surface area contributed by atoms with E-state index in [2.05, 4.69) is 5.43 Å². The average molecular weight is 146 g/mol. The molecule has 62 valence electrons. The Kier molecular flexibility index (Phi) is 3.86. The van der Waals surface area contributed by atoms with Gasteiger partial charge in [0.1, 0.15) is 0 Å². The number of hydrogen-bond acceptors (Lipinski definition) is 3. The maximum Gasteiger partial charge on any atom is 0.0637 e. The summed E-state index contributed by atoms with van der Waals surface area (Å²) in [5.41, 5.74) is 2.55. The molecule has 0 heterocycles. The molecule has 0 spiro atoms. The maximum atomic E-state index is 5.44. The van der Waals surface area contributed by atoms with Crippen molar-refractivity contribution in [2.24, 2.45) is 5.84 Å². The predicted molar refractivity (Wildman–Crippen MR) is 42.5 cm³/mol. The zero-order valence-corrected chi connectivity index (χ0v) is 7.27. The summed E-state index contributed by atoms with van der Waals surface area (Å²) < 4.78 is 5.44. The summed E-state index contributed by atoms with van der Waals surface area (Å²) in [5.74, 6) is 5.17. The van der Waals surface area contributed by atoms with Gasteiger partial charge in [0, 0.05) is 6.04 Å². The van der Waals surface area contributed by atoms with Crippen molar-refractivity contribution >= 4 is 0 Å². The largest absolute Gasteiger partial charge is 0.374 e. The first-order valence-electron chi connectivity index (χ1n) is 3.56. The molecular formula is C7H18N2O. The average Bonchev–Trinajstić information content (AvgIpc) is 1.81. The maximum absolute atomic E-state index is 5.44. The second-order valence-corrected chi connectivity index (χ2v) is 3.49. The molecule has 0 aromatic heterocycles. The minimum Gasteiger partial charge on any atom is -0.374 e. The Balaban J connectivity index is 3.36. The summed E-state index contributed by atoms with van der Waals surface area (Å²) in [7, 11) is 0. The normalized spacial score (nSPS) is 15.3. The summed E-state index contributed by atoms with van der Waals surface area (Å²) in [4.78, 5) is 0. The van der Waals surface area contributed by atoms with E-state index in [1.54, 1.807) is 0 Å². The van der Waals surface area contributed by atoms with Crippen molar-refractivity contribution in [3.8, 4) is 0 Å². The summed E-state index contributed by atoms with van der Waals surface area (Å²) in [5, 5.41) is 0. The van der Waals surface area contributed by atoms with Crippen molar-refractivity contribution in [1.82, 2.24) is 5.43 Å². The zero-order valence-electron chi connectivity index (χ0n) is 7.27. The molecule has 10 heavy (non-hydrogen) atoms. The van der Waals surface area contributed by atoms with Crippen LogP contribution in [0.3, 0.4) is 0 Å². The van der Waals surface area contributed by atoms with Crippen LogP contribution in [0, 0.1) is 0 Å². The Labute approximate surface area is 62.9 Å². The van der Waals surface area contributed by atoms with Crippen LogP contribution in [-0.4, -0.2) is 18.2 Å². The molecule has 3 N–H and O–H groups in total. The van der Waals surface area contributed by atoms with E-state index in [1.165, 1.54) is 0 Å². The highest BCUT2D eigenvalue weighted by Gasteiger charge is 2.11. The quantitative estimate of drug-likeness (QED) is 0.454. The topological polar surface area (TPSA) is 47.3 Å². The molecule has 0 saturated heterocycles. The van der Waals surface area contributed by atoms with Crippen molar-refractivity contribution in [2.45, 2.75) is 39.3 Å². The third-order valence-electron chi connectivity index (χ3n) is 1.05. The lowest BCUT2D eigenvalue weighted by atomic mass is 10.2. The lowest BCUT2D eigenvalue weighted by molar-refractivity contribution is -0.0121. The monoisotopic (exact) mass is 146 g/mol. The molecule has 0 aromatic carbocycles. The highest BCUT2D eigenvalue weighted by Crippen LogP contribution is 2.06. The van der Waals surface area contributed by atoms with Gasteiger partial charge in [-0.15, -0.1) is 0 Å². The second-order valence-electron chi connectivity index (χ2n) is 3.49. The first-order chi connectivity index (χ1) is 4.45. The van der Waals surface area contributed by atoms with Crippen LogP contribution in [0.25, 0.3) is 0 Å². The molecule has 0 fully saturated rings. The van der Waals surface area contributed by atoms with Crippen LogP contribution in [0.15, 0.2) is 0 Å². The molecule has 0 aliphatic carbocycles. The van der Waals surface area contributed by atoms with Gasteiger partial charge >= 0.3 is 0 Å². The van der Waals surface area contributed by atoms with Gasteiger partial charge in [0.15, 0.2) is 0 Å². The van der Waals surface area contributed by atoms with Gasteiger partial charge < -0.3 is 4.74 Å². The lowest BCUT2D eigenvalue weighted by Gasteiger charge is -2.21. The van der Waals surface area contributed by atoms with E-state index >= 15 is 0 Å². The van der Waals surface area contributed by atoms with Crippen LogP contribution in [0.4, 0.5) is 0 Å². The standard InChI is InChI=1S/C7H18N2O/c1-6(9-8)5-10-7(2,3)4/h6,9H,5,8H2,1-4H3. The fraction of sp³-hybridized carbons (Fsp3) is 1.00. The first kappa shape index (κ1) is 9.88. The van der Waals surface area contributed by atoms with Crippen LogP contribution < -0.4 is 11.3 Å². The van der Waals surface area contributed by atoms with Gasteiger partial charge in [0.05, 0.1) is 12.2 Å². The van der Waals surface area contributed by atoms with Crippen LogP contribution in [0.1, 0.15) is 27.7 Å². The number of nitrogens with two attached hydrogens (primary N) is 1. The third kappa shape index (κ3) is 6.01. The van der Waals surface area contributed by atoms with Gasteiger partial charge in [-0.05, 0) is 27.7 Å². The summed E-state index contributed by atoms with van der Waals surface area (Å²) >= 11 is 0. The summed E-state index contributed by atoms with van der Waals surface area (Å²) in [6, 6.07) is 0.222. The van der Waals surface area contributed by atoms with Gasteiger partial charge in [-0.1, -0.05) is 0 Å². The molecule has 0 radical (unpaired) electrons. The minimum atomic E-state index is -0.0644. The molecular weight excluding hydrogens is 128 g/mol. The molecule has 0 aliphatic rings. The SMILES string of the molecule is CC(COC(C)(C)C)NN. The van der Waals surface area contributed by atoms with Gasteiger partial charge in [-0.3, -0.25) is 11.3 Å². The van der Waals surface area contributed by atoms with E-state index in [0.29, 0.717) is 6.61 Å². The molecule has 0 aliphatic heterocycles. The lowest BCUT2D eigenvalue weighted by Crippen LogP contribution is -2.38. The number of ether oxygens (including phenoxy) is 1. The molecule has 1 unspecified atom stereocenters. The Hall–Kier alpha value is -0.120. The van der Waals surface area contributed by atoms with Crippen LogP contribution >= 0.6 is 0 Å². The van der Waals surface area contributed by atoms with Crippen molar-refractivity contribution < 1.29 is 4.74 Å². The van der Waals surface area contributed by atoms with Crippen molar-refractivity contribution in [3.05, 3.63) is 0 Å². The van der Waals surface area contributed by atoms with E-state index in [-0.39, 0.29) is 11.6 Å². The fourth-order valence-electron chi connectivity index (χ4n) is 0.423. The molecule has 3 nitrogen and oxygen atoms in total. The van der Waals surface area contributed by atoms with E-state index in [4.69, 9.17) is 10.6 Å². The smallest absolute Gasteiger partial charge is 0.0637 e. The molecule has 0 bridgehead atoms. The first-order valence-corrected chi connectivity index (χ1v) is 3.56. The number of hydrazine groups is 1. The summed E-state index contributed by atoms with van der Waals surface area (Å²) in [6.45, 7) is 8.70. The van der Waals surface area contributed by atoms with Crippen molar-refractivity contribution in [2.75, 3.05) is 6.61 Å². The Morgan fingerprint density at radius 1 is 1.50 bits per heavy atom. The van der Waals surface area contributed by atoms with Gasteiger partial charge in [-0.25, -0.2) is 0 Å². The highest BCUT2D eigenvalue weighted by atomic mass is 16.5. The van der Waals surface area contributed by atoms with E-state index in [1.807, 2.05) is 27.7 Å². The van der Waals surface area contributed by atoms with E-state index in [9.17, 15) is 0 Å². The van der Waals surface area contributed by atoms with Gasteiger partial charge in [0.2, 0.25) is 0 Å². The highest BCUT2D eigenvalue weighted by molar-refractivity contribution is 4.62. The molecule has 0 aromatic rings. The molecule has 1 atom stereocenters. The number of nitrogens with one attached hydrogen (secondary N) is 1.